The fraction of sp³-hybridized carbons (Fsp3) is 0.400. The van der Waals surface area contributed by atoms with Crippen molar-refractivity contribution in [3.63, 3.8) is 0 Å². The molecule has 8 heteroatoms. The summed E-state index contributed by atoms with van der Waals surface area (Å²) >= 11 is 0. The first-order chi connectivity index (χ1) is 8.25. The molecule has 0 spiro atoms. The number of nitrogens with one attached hydrogen (secondary N) is 1. The Balaban J connectivity index is 2.91. The third-order valence-electron chi connectivity index (χ3n) is 2.24. The highest BCUT2D eigenvalue weighted by Crippen LogP contribution is 2.17. The zero-order valence-corrected chi connectivity index (χ0v) is 10.7. The van der Waals surface area contributed by atoms with Gasteiger partial charge in [-0.2, -0.15) is 0 Å². The van der Waals surface area contributed by atoms with Gasteiger partial charge in [0.15, 0.2) is 9.84 Å². The van der Waals surface area contributed by atoms with E-state index in [1.165, 1.54) is 14.0 Å². The molecule has 1 aromatic rings. The van der Waals surface area contributed by atoms with Crippen LogP contribution in [0.3, 0.4) is 0 Å². The summed E-state index contributed by atoms with van der Waals surface area (Å²) in [5.74, 6) is -3.06. The lowest BCUT2D eigenvalue weighted by atomic mass is 10.3. The number of amides is 1. The molecule has 7 nitrogen and oxygen atoms in total. The summed E-state index contributed by atoms with van der Waals surface area (Å²) in [7, 11) is -2.31. The van der Waals surface area contributed by atoms with Crippen LogP contribution in [0.1, 0.15) is 21.9 Å². The molecule has 1 heterocycles. The molecular formula is C10H13NO6S. The Morgan fingerprint density at radius 1 is 1.44 bits per heavy atom. The molecule has 2 N–H and O–H groups in total. The molecule has 0 aliphatic heterocycles. The molecule has 1 rings (SSSR count). The van der Waals surface area contributed by atoms with Crippen molar-refractivity contribution in [1.29, 1.82) is 0 Å². The number of carbonyl (C=O) groups excluding carboxylic acids is 1. The van der Waals surface area contributed by atoms with Gasteiger partial charge in [-0.1, -0.05) is 0 Å². The van der Waals surface area contributed by atoms with Crippen molar-refractivity contribution >= 4 is 21.7 Å². The molecule has 0 saturated heterocycles. The Morgan fingerprint density at radius 3 is 2.50 bits per heavy atom. The molecule has 0 aromatic carbocycles. The van der Waals surface area contributed by atoms with E-state index >= 15 is 0 Å². The smallest absolute Gasteiger partial charge is 0.371 e. The van der Waals surface area contributed by atoms with Gasteiger partial charge in [-0.3, -0.25) is 4.79 Å². The largest absolute Gasteiger partial charge is 0.475 e. The molecule has 0 aliphatic rings. The van der Waals surface area contributed by atoms with Crippen molar-refractivity contribution < 1.29 is 27.5 Å². The molecule has 0 saturated carbocycles. The van der Waals surface area contributed by atoms with Crippen LogP contribution in [0.15, 0.2) is 10.5 Å². The maximum Gasteiger partial charge on any atom is 0.371 e. The summed E-state index contributed by atoms with van der Waals surface area (Å²) in [6, 6.07) is 1.15. The van der Waals surface area contributed by atoms with Crippen molar-refractivity contribution in [2.45, 2.75) is 12.7 Å². The summed E-state index contributed by atoms with van der Waals surface area (Å²) in [5.41, 5.74) is 0.247. The second-order valence-corrected chi connectivity index (χ2v) is 5.77. The Morgan fingerprint density at radius 2 is 2.06 bits per heavy atom. The number of furan rings is 1. The first kappa shape index (κ1) is 14.2. The average molecular weight is 275 g/mol. The molecule has 0 atom stereocenters. The normalized spacial score (nSPS) is 11.2. The summed E-state index contributed by atoms with van der Waals surface area (Å²) in [5, 5.41) is 10.9. The molecule has 0 unspecified atom stereocenters. The summed E-state index contributed by atoms with van der Waals surface area (Å²) in [4.78, 5) is 21.7. The maximum absolute atomic E-state index is 11.7. The van der Waals surface area contributed by atoms with Crippen LogP contribution in [0, 0.1) is 6.92 Å². The molecular weight excluding hydrogens is 262 g/mol. The number of sulfone groups is 1. The monoisotopic (exact) mass is 275 g/mol. The van der Waals surface area contributed by atoms with Crippen LogP contribution in [-0.4, -0.2) is 38.2 Å². The molecule has 1 amide bonds. The van der Waals surface area contributed by atoms with Crippen LogP contribution >= 0.6 is 0 Å². The standard InChI is InChI=1S/C10H13NO6S/c1-6-7(3-8(17-6)10(13)14)4-18(15,16)5-9(12)11-2/h3H,4-5H2,1-2H3,(H,11,12)(H,13,14). The van der Waals surface area contributed by atoms with Crippen LogP contribution in [0.5, 0.6) is 0 Å². The minimum absolute atomic E-state index is 0.216. The topological polar surface area (TPSA) is 114 Å². The van der Waals surface area contributed by atoms with Gasteiger partial charge >= 0.3 is 5.97 Å². The van der Waals surface area contributed by atoms with Crippen molar-refractivity contribution in [3.8, 4) is 0 Å². The van der Waals surface area contributed by atoms with Gasteiger partial charge in [0.1, 0.15) is 11.5 Å². The Kier molecular flexibility index (Phi) is 4.12. The van der Waals surface area contributed by atoms with Crippen LogP contribution in [0.4, 0.5) is 0 Å². The highest BCUT2D eigenvalue weighted by molar-refractivity contribution is 7.91. The molecule has 0 bridgehead atoms. The quantitative estimate of drug-likeness (QED) is 0.778. The molecule has 0 aliphatic carbocycles. The summed E-state index contributed by atoms with van der Waals surface area (Å²) in [6.45, 7) is 1.47. The number of rotatable bonds is 5. The van der Waals surface area contributed by atoms with E-state index in [2.05, 4.69) is 5.32 Å². The van der Waals surface area contributed by atoms with E-state index in [1.54, 1.807) is 0 Å². The lowest BCUT2D eigenvalue weighted by Crippen LogP contribution is -2.27. The van der Waals surface area contributed by atoms with E-state index in [-0.39, 0.29) is 17.1 Å². The predicted octanol–water partition coefficient (Wildman–Crippen LogP) is -0.0530. The average Bonchev–Trinajstić information content (AvgIpc) is 2.59. The second-order valence-electron chi connectivity index (χ2n) is 3.70. The minimum Gasteiger partial charge on any atom is -0.475 e. The fourth-order valence-corrected chi connectivity index (χ4v) is 2.73. The first-order valence-corrected chi connectivity index (χ1v) is 6.81. The van der Waals surface area contributed by atoms with Crippen molar-refractivity contribution in [2.75, 3.05) is 12.8 Å². The summed E-state index contributed by atoms with van der Waals surface area (Å²) < 4.78 is 28.2. The molecule has 100 valence electrons. The maximum atomic E-state index is 11.7. The lowest BCUT2D eigenvalue weighted by molar-refractivity contribution is -0.118. The number of hydrogen-bond donors (Lipinski definition) is 2. The Labute approximate surface area is 104 Å². The van der Waals surface area contributed by atoms with E-state index in [0.717, 1.165) is 6.07 Å². The molecule has 18 heavy (non-hydrogen) atoms. The van der Waals surface area contributed by atoms with E-state index in [1.807, 2.05) is 0 Å². The highest BCUT2D eigenvalue weighted by atomic mass is 32.2. The van der Waals surface area contributed by atoms with Gasteiger partial charge in [-0.15, -0.1) is 0 Å². The fourth-order valence-electron chi connectivity index (χ4n) is 1.33. The van der Waals surface area contributed by atoms with E-state index in [9.17, 15) is 18.0 Å². The van der Waals surface area contributed by atoms with Crippen LogP contribution < -0.4 is 5.32 Å². The van der Waals surface area contributed by atoms with Gasteiger partial charge < -0.3 is 14.8 Å². The number of carbonyl (C=O) groups is 2. The van der Waals surface area contributed by atoms with Crippen LogP contribution in [-0.2, 0) is 20.4 Å². The van der Waals surface area contributed by atoms with E-state index in [0.29, 0.717) is 0 Å². The molecule has 0 radical (unpaired) electrons. The number of hydrogen-bond acceptors (Lipinski definition) is 5. The van der Waals surface area contributed by atoms with Gasteiger partial charge in [-0.05, 0) is 13.0 Å². The van der Waals surface area contributed by atoms with Crippen LogP contribution in [0.25, 0.3) is 0 Å². The summed E-state index contributed by atoms with van der Waals surface area (Å²) in [6.07, 6.45) is 0. The minimum atomic E-state index is -3.65. The highest BCUT2D eigenvalue weighted by Gasteiger charge is 2.21. The molecule has 1 aromatic heterocycles. The SMILES string of the molecule is CNC(=O)CS(=O)(=O)Cc1cc(C(=O)O)oc1C. The third-order valence-corrected chi connectivity index (χ3v) is 3.69. The van der Waals surface area contributed by atoms with E-state index < -0.39 is 33.2 Å². The number of aromatic carboxylic acids is 1. The lowest BCUT2D eigenvalue weighted by Gasteiger charge is -2.02. The molecule has 0 fully saturated rings. The number of carboxylic acid groups (broad SMARTS) is 1. The number of aryl methyl sites for hydroxylation is 1. The van der Waals surface area contributed by atoms with Gasteiger partial charge in [0.2, 0.25) is 11.7 Å². The van der Waals surface area contributed by atoms with Crippen LogP contribution in [0.2, 0.25) is 0 Å². The van der Waals surface area contributed by atoms with Crippen molar-refractivity contribution in [3.05, 3.63) is 23.2 Å². The van der Waals surface area contributed by atoms with Crippen molar-refractivity contribution in [2.24, 2.45) is 0 Å². The predicted molar refractivity (Wildman–Crippen MR) is 62.0 cm³/mol. The van der Waals surface area contributed by atoms with Crippen molar-refractivity contribution in [1.82, 2.24) is 5.32 Å². The second kappa shape index (κ2) is 5.21. The zero-order chi connectivity index (χ0) is 13.9. The number of carboxylic acids is 1. The van der Waals surface area contributed by atoms with Gasteiger partial charge in [0, 0.05) is 12.6 Å². The van der Waals surface area contributed by atoms with Gasteiger partial charge in [0.25, 0.3) is 0 Å². The van der Waals surface area contributed by atoms with E-state index in [4.69, 9.17) is 9.52 Å². The van der Waals surface area contributed by atoms with Gasteiger partial charge in [0.05, 0.1) is 5.75 Å². The first-order valence-electron chi connectivity index (χ1n) is 4.99. The third kappa shape index (κ3) is 3.59. The zero-order valence-electron chi connectivity index (χ0n) is 9.89. The Hall–Kier alpha value is -1.83. The van der Waals surface area contributed by atoms with Gasteiger partial charge in [-0.25, -0.2) is 13.2 Å². The Bertz CT molecular complexity index is 571.